The molecule has 1 saturated heterocycles. The summed E-state index contributed by atoms with van der Waals surface area (Å²) in [6.07, 6.45) is 5.26. The van der Waals surface area contributed by atoms with Crippen LogP contribution < -0.4 is 10.1 Å². The van der Waals surface area contributed by atoms with Crippen LogP contribution in [0.3, 0.4) is 0 Å². The molecule has 0 radical (unpaired) electrons. The van der Waals surface area contributed by atoms with Gasteiger partial charge in [-0.3, -0.25) is 9.69 Å². The molecule has 1 aromatic rings. The predicted molar refractivity (Wildman–Crippen MR) is 78.0 cm³/mol. The highest BCUT2D eigenvalue weighted by atomic mass is 16.5. The second kappa shape index (κ2) is 7.24. The molecule has 0 saturated carbocycles. The number of likely N-dealkylation sites (tertiary alicyclic amines) is 1. The number of aromatic nitrogens is 1. The molecule has 110 valence electrons. The smallest absolute Gasteiger partial charge is 0.251 e. The van der Waals surface area contributed by atoms with Crippen LogP contribution in [0.2, 0.25) is 0 Å². The minimum atomic E-state index is -0.0627. The van der Waals surface area contributed by atoms with Crippen molar-refractivity contribution in [2.75, 3.05) is 26.7 Å². The van der Waals surface area contributed by atoms with Crippen LogP contribution in [0, 0.1) is 0 Å². The number of nitrogens with zero attached hydrogens (tertiary/aromatic N) is 2. The van der Waals surface area contributed by atoms with Gasteiger partial charge >= 0.3 is 0 Å². The number of pyridine rings is 1. The van der Waals surface area contributed by atoms with Gasteiger partial charge in [-0.1, -0.05) is 13.3 Å². The summed E-state index contributed by atoms with van der Waals surface area (Å²) >= 11 is 0. The number of nitrogens with one attached hydrogen (secondary N) is 1. The van der Waals surface area contributed by atoms with E-state index in [2.05, 4.69) is 22.1 Å². The molecule has 0 aromatic carbocycles. The highest BCUT2D eigenvalue weighted by Gasteiger charge is 2.21. The molecular weight excluding hydrogens is 254 g/mol. The van der Waals surface area contributed by atoms with E-state index in [0.717, 1.165) is 19.5 Å². The van der Waals surface area contributed by atoms with Crippen molar-refractivity contribution in [1.82, 2.24) is 15.2 Å². The highest BCUT2D eigenvalue weighted by Crippen LogP contribution is 2.16. The third-order valence-electron chi connectivity index (χ3n) is 3.86. The third kappa shape index (κ3) is 3.70. The molecule has 0 unspecified atom stereocenters. The number of hydrogen-bond donors (Lipinski definition) is 1. The number of carbonyl (C=O) groups excluding carboxylic acids is 1. The molecule has 1 amide bonds. The molecule has 0 spiro atoms. The molecule has 0 aliphatic carbocycles. The monoisotopic (exact) mass is 277 g/mol. The van der Waals surface area contributed by atoms with Crippen molar-refractivity contribution in [2.45, 2.75) is 32.2 Å². The lowest BCUT2D eigenvalue weighted by Crippen LogP contribution is -2.46. The van der Waals surface area contributed by atoms with Crippen molar-refractivity contribution in [1.29, 1.82) is 0 Å². The van der Waals surface area contributed by atoms with E-state index in [1.54, 1.807) is 25.4 Å². The van der Waals surface area contributed by atoms with Gasteiger partial charge in [0.05, 0.1) is 7.11 Å². The van der Waals surface area contributed by atoms with Crippen LogP contribution in [0.5, 0.6) is 5.88 Å². The van der Waals surface area contributed by atoms with Crippen LogP contribution >= 0.6 is 0 Å². The second-order valence-electron chi connectivity index (χ2n) is 5.08. The predicted octanol–water partition coefficient (Wildman–Crippen LogP) is 1.69. The van der Waals surface area contributed by atoms with Gasteiger partial charge in [-0.15, -0.1) is 0 Å². The van der Waals surface area contributed by atoms with E-state index in [0.29, 0.717) is 24.0 Å². The van der Waals surface area contributed by atoms with E-state index in [1.807, 2.05) is 0 Å². The standard InChI is InChI=1S/C15H23N3O2/c1-3-18-9-5-4-6-13(18)11-17-15(19)12-7-8-16-14(10-12)20-2/h7-8,10,13H,3-6,9,11H2,1-2H3,(H,17,19)/t13-/m0/s1. The summed E-state index contributed by atoms with van der Waals surface area (Å²) in [7, 11) is 1.55. The number of methoxy groups -OCH3 is 1. The molecule has 5 nitrogen and oxygen atoms in total. The Labute approximate surface area is 120 Å². The lowest BCUT2D eigenvalue weighted by atomic mass is 10.0. The third-order valence-corrected chi connectivity index (χ3v) is 3.86. The number of amides is 1. The number of rotatable bonds is 5. The summed E-state index contributed by atoms with van der Waals surface area (Å²) in [5, 5.41) is 3.02. The summed E-state index contributed by atoms with van der Waals surface area (Å²) in [5.41, 5.74) is 0.593. The molecule has 1 fully saturated rings. The SMILES string of the molecule is CCN1CCCC[C@H]1CNC(=O)c1ccnc(OC)c1. The summed E-state index contributed by atoms with van der Waals surface area (Å²) in [6, 6.07) is 3.82. The van der Waals surface area contributed by atoms with E-state index in [1.165, 1.54) is 12.8 Å². The maximum atomic E-state index is 12.1. The second-order valence-corrected chi connectivity index (χ2v) is 5.08. The average molecular weight is 277 g/mol. The van der Waals surface area contributed by atoms with Gasteiger partial charge in [0, 0.05) is 30.4 Å². The molecule has 1 aliphatic heterocycles. The Hall–Kier alpha value is -1.62. The van der Waals surface area contributed by atoms with E-state index < -0.39 is 0 Å². The molecule has 1 N–H and O–H groups in total. The van der Waals surface area contributed by atoms with Crippen LogP contribution in [0.15, 0.2) is 18.3 Å². The van der Waals surface area contributed by atoms with Gasteiger partial charge in [-0.2, -0.15) is 0 Å². The largest absolute Gasteiger partial charge is 0.481 e. The fraction of sp³-hybridized carbons (Fsp3) is 0.600. The Balaban J connectivity index is 1.90. The number of hydrogen-bond acceptors (Lipinski definition) is 4. The summed E-state index contributed by atoms with van der Waals surface area (Å²) in [4.78, 5) is 18.6. The minimum Gasteiger partial charge on any atom is -0.481 e. The molecule has 1 aliphatic rings. The first-order chi connectivity index (χ1) is 9.74. The molecular formula is C15H23N3O2. The van der Waals surface area contributed by atoms with Crippen molar-refractivity contribution >= 4 is 5.91 Å². The zero-order chi connectivity index (χ0) is 14.4. The zero-order valence-corrected chi connectivity index (χ0v) is 12.3. The quantitative estimate of drug-likeness (QED) is 0.890. The Morgan fingerprint density at radius 3 is 3.15 bits per heavy atom. The maximum Gasteiger partial charge on any atom is 0.251 e. The zero-order valence-electron chi connectivity index (χ0n) is 12.3. The number of ether oxygens (including phenoxy) is 1. The van der Waals surface area contributed by atoms with Crippen LogP contribution in [0.1, 0.15) is 36.5 Å². The Bertz CT molecular complexity index is 450. The van der Waals surface area contributed by atoms with Gasteiger partial charge in [0.25, 0.3) is 5.91 Å². The van der Waals surface area contributed by atoms with Crippen LogP contribution in [0.25, 0.3) is 0 Å². The first-order valence-corrected chi connectivity index (χ1v) is 7.27. The summed E-state index contributed by atoms with van der Waals surface area (Å²) in [6.45, 7) is 5.06. The maximum absolute atomic E-state index is 12.1. The molecule has 1 atom stereocenters. The van der Waals surface area contributed by atoms with E-state index in [9.17, 15) is 4.79 Å². The number of piperidine rings is 1. The lowest BCUT2D eigenvalue weighted by Gasteiger charge is -2.34. The van der Waals surface area contributed by atoms with Crippen molar-refractivity contribution in [3.63, 3.8) is 0 Å². The Morgan fingerprint density at radius 2 is 2.40 bits per heavy atom. The molecule has 0 bridgehead atoms. The fourth-order valence-electron chi connectivity index (χ4n) is 2.68. The molecule has 5 heteroatoms. The van der Waals surface area contributed by atoms with Gasteiger partial charge in [0.2, 0.25) is 5.88 Å². The fourth-order valence-corrected chi connectivity index (χ4v) is 2.68. The summed E-state index contributed by atoms with van der Waals surface area (Å²) < 4.78 is 5.03. The van der Waals surface area contributed by atoms with Gasteiger partial charge < -0.3 is 10.1 Å². The molecule has 1 aromatic heterocycles. The Kier molecular flexibility index (Phi) is 5.35. The molecule has 20 heavy (non-hydrogen) atoms. The highest BCUT2D eigenvalue weighted by molar-refractivity contribution is 5.94. The van der Waals surface area contributed by atoms with Crippen LogP contribution in [-0.2, 0) is 0 Å². The first kappa shape index (κ1) is 14.8. The molecule has 2 rings (SSSR count). The number of likely N-dealkylation sites (N-methyl/N-ethyl adjacent to an activating group) is 1. The number of carbonyl (C=O) groups is 1. The topological polar surface area (TPSA) is 54.5 Å². The van der Waals surface area contributed by atoms with Crippen LogP contribution in [0.4, 0.5) is 0 Å². The average Bonchev–Trinajstić information content (AvgIpc) is 2.52. The van der Waals surface area contributed by atoms with Gasteiger partial charge in [0.1, 0.15) is 0 Å². The van der Waals surface area contributed by atoms with Crippen molar-refractivity contribution in [2.24, 2.45) is 0 Å². The Morgan fingerprint density at radius 1 is 1.55 bits per heavy atom. The minimum absolute atomic E-state index is 0.0627. The first-order valence-electron chi connectivity index (χ1n) is 7.27. The van der Waals surface area contributed by atoms with Crippen molar-refractivity contribution < 1.29 is 9.53 Å². The van der Waals surface area contributed by atoms with Crippen LogP contribution in [-0.4, -0.2) is 48.6 Å². The van der Waals surface area contributed by atoms with Gasteiger partial charge in [-0.25, -0.2) is 4.98 Å². The normalized spacial score (nSPS) is 19.6. The molecule has 2 heterocycles. The summed E-state index contributed by atoms with van der Waals surface area (Å²) in [5.74, 6) is 0.401. The van der Waals surface area contributed by atoms with Crippen molar-refractivity contribution in [3.8, 4) is 5.88 Å². The van der Waals surface area contributed by atoms with Gasteiger partial charge in [-0.05, 0) is 32.0 Å². The van der Waals surface area contributed by atoms with Crippen molar-refractivity contribution in [3.05, 3.63) is 23.9 Å². The van der Waals surface area contributed by atoms with E-state index in [-0.39, 0.29) is 5.91 Å². The van der Waals surface area contributed by atoms with Gasteiger partial charge in [0.15, 0.2) is 0 Å². The lowest BCUT2D eigenvalue weighted by molar-refractivity contribution is 0.0917. The van der Waals surface area contributed by atoms with E-state index in [4.69, 9.17) is 4.74 Å². The van der Waals surface area contributed by atoms with E-state index >= 15 is 0 Å².